The van der Waals surface area contributed by atoms with Gasteiger partial charge in [0, 0.05) is 12.5 Å². The first-order valence-corrected chi connectivity index (χ1v) is 8.77. The summed E-state index contributed by atoms with van der Waals surface area (Å²) in [4.78, 5) is 12.2. The predicted octanol–water partition coefficient (Wildman–Crippen LogP) is 2.73. The normalized spacial score (nSPS) is 20.7. The first kappa shape index (κ1) is 18.0. The largest absolute Gasteiger partial charge is 0.375 e. The highest BCUT2D eigenvalue weighted by molar-refractivity contribution is 5.76. The van der Waals surface area contributed by atoms with E-state index < -0.39 is 0 Å². The Bertz CT molecular complexity index is 458. The van der Waals surface area contributed by atoms with Crippen LogP contribution in [0.1, 0.15) is 38.7 Å². The second kappa shape index (κ2) is 9.68. The number of amides is 1. The maximum atomic E-state index is 12.2. The number of hydrogen-bond donors (Lipinski definition) is 2. The first-order chi connectivity index (χ1) is 11.1. The lowest BCUT2D eigenvalue weighted by molar-refractivity contribution is -0.123. The molecule has 0 radical (unpaired) electrons. The zero-order chi connectivity index (χ0) is 16.5. The summed E-state index contributed by atoms with van der Waals surface area (Å²) in [6.07, 6.45) is 3.06. The molecule has 1 saturated heterocycles. The van der Waals surface area contributed by atoms with Crippen molar-refractivity contribution in [1.29, 1.82) is 0 Å². The lowest BCUT2D eigenvalue weighted by Gasteiger charge is -2.28. The highest BCUT2D eigenvalue weighted by Crippen LogP contribution is 2.22. The SMILES string of the molecule is CC(COCc1ccccc1)NC(=O)CC(C)C1CCCNC1. The van der Waals surface area contributed by atoms with Crippen LogP contribution in [0.2, 0.25) is 0 Å². The molecule has 1 aromatic rings. The molecule has 0 saturated carbocycles. The van der Waals surface area contributed by atoms with Gasteiger partial charge in [0.25, 0.3) is 0 Å². The van der Waals surface area contributed by atoms with E-state index in [1.807, 2.05) is 37.3 Å². The van der Waals surface area contributed by atoms with Crippen LogP contribution in [0, 0.1) is 11.8 Å². The van der Waals surface area contributed by atoms with Crippen molar-refractivity contribution in [2.45, 2.75) is 45.8 Å². The summed E-state index contributed by atoms with van der Waals surface area (Å²) in [5, 5.41) is 6.47. The minimum Gasteiger partial charge on any atom is -0.375 e. The van der Waals surface area contributed by atoms with Gasteiger partial charge in [-0.2, -0.15) is 0 Å². The standard InChI is InChI=1S/C19H30N2O2/c1-15(18-9-6-10-20-12-18)11-19(22)21-16(2)13-23-14-17-7-4-3-5-8-17/h3-5,7-8,15-16,18,20H,6,9-14H2,1-2H3,(H,21,22). The van der Waals surface area contributed by atoms with Crippen LogP contribution < -0.4 is 10.6 Å². The van der Waals surface area contributed by atoms with Gasteiger partial charge in [-0.05, 0) is 50.3 Å². The van der Waals surface area contributed by atoms with Crippen molar-refractivity contribution in [3.05, 3.63) is 35.9 Å². The van der Waals surface area contributed by atoms with Crippen LogP contribution in [0.4, 0.5) is 0 Å². The monoisotopic (exact) mass is 318 g/mol. The third-order valence-corrected chi connectivity index (χ3v) is 4.53. The quantitative estimate of drug-likeness (QED) is 0.775. The fourth-order valence-corrected chi connectivity index (χ4v) is 3.13. The summed E-state index contributed by atoms with van der Waals surface area (Å²) in [7, 11) is 0. The van der Waals surface area contributed by atoms with Gasteiger partial charge in [-0.15, -0.1) is 0 Å². The van der Waals surface area contributed by atoms with Gasteiger partial charge in [-0.1, -0.05) is 37.3 Å². The van der Waals surface area contributed by atoms with Crippen molar-refractivity contribution >= 4 is 5.91 Å². The molecule has 3 unspecified atom stereocenters. The number of rotatable bonds is 8. The topological polar surface area (TPSA) is 50.4 Å². The lowest BCUT2D eigenvalue weighted by Crippen LogP contribution is -2.39. The fourth-order valence-electron chi connectivity index (χ4n) is 3.13. The molecule has 0 bridgehead atoms. The summed E-state index contributed by atoms with van der Waals surface area (Å²) in [6, 6.07) is 10.1. The van der Waals surface area contributed by atoms with E-state index in [4.69, 9.17) is 4.74 Å². The molecule has 0 spiro atoms. The van der Waals surface area contributed by atoms with E-state index in [1.54, 1.807) is 0 Å². The number of benzene rings is 1. The second-order valence-corrected chi connectivity index (χ2v) is 6.76. The molecule has 0 aromatic heterocycles. The molecule has 4 heteroatoms. The van der Waals surface area contributed by atoms with Gasteiger partial charge < -0.3 is 15.4 Å². The Hall–Kier alpha value is -1.39. The molecule has 4 nitrogen and oxygen atoms in total. The molecule has 0 aliphatic carbocycles. The Balaban J connectivity index is 1.62. The molecule has 1 aliphatic heterocycles. The number of ether oxygens (including phenoxy) is 1. The molecular weight excluding hydrogens is 288 g/mol. The molecule has 23 heavy (non-hydrogen) atoms. The molecular formula is C19H30N2O2. The van der Waals surface area contributed by atoms with E-state index in [2.05, 4.69) is 17.6 Å². The van der Waals surface area contributed by atoms with Crippen molar-refractivity contribution in [2.75, 3.05) is 19.7 Å². The smallest absolute Gasteiger partial charge is 0.220 e. The number of nitrogens with one attached hydrogen (secondary N) is 2. The van der Waals surface area contributed by atoms with E-state index in [0.717, 1.165) is 18.7 Å². The maximum absolute atomic E-state index is 12.2. The van der Waals surface area contributed by atoms with Gasteiger partial charge in [0.15, 0.2) is 0 Å². The van der Waals surface area contributed by atoms with E-state index in [-0.39, 0.29) is 11.9 Å². The van der Waals surface area contributed by atoms with Crippen LogP contribution in [0.3, 0.4) is 0 Å². The number of carbonyl (C=O) groups excluding carboxylic acids is 1. The van der Waals surface area contributed by atoms with Gasteiger partial charge in [0.05, 0.1) is 13.2 Å². The fraction of sp³-hybridized carbons (Fsp3) is 0.632. The highest BCUT2D eigenvalue weighted by Gasteiger charge is 2.22. The molecule has 1 heterocycles. The molecule has 1 aromatic carbocycles. The minimum atomic E-state index is 0.0443. The Labute approximate surface area is 140 Å². The molecule has 3 atom stereocenters. The van der Waals surface area contributed by atoms with Gasteiger partial charge >= 0.3 is 0 Å². The van der Waals surface area contributed by atoms with Crippen molar-refractivity contribution in [1.82, 2.24) is 10.6 Å². The van der Waals surface area contributed by atoms with Crippen LogP contribution in [0.25, 0.3) is 0 Å². The van der Waals surface area contributed by atoms with Gasteiger partial charge in [-0.3, -0.25) is 4.79 Å². The minimum absolute atomic E-state index is 0.0443. The predicted molar refractivity (Wildman–Crippen MR) is 93.1 cm³/mol. The summed E-state index contributed by atoms with van der Waals surface area (Å²) < 4.78 is 5.68. The van der Waals surface area contributed by atoms with Gasteiger partial charge in [0.2, 0.25) is 5.91 Å². The molecule has 2 N–H and O–H groups in total. The molecule has 1 amide bonds. The Kier molecular flexibility index (Phi) is 7.56. The highest BCUT2D eigenvalue weighted by atomic mass is 16.5. The van der Waals surface area contributed by atoms with E-state index in [1.165, 1.54) is 12.8 Å². The van der Waals surface area contributed by atoms with E-state index in [0.29, 0.717) is 31.5 Å². The van der Waals surface area contributed by atoms with E-state index >= 15 is 0 Å². The zero-order valence-corrected chi connectivity index (χ0v) is 14.4. The summed E-state index contributed by atoms with van der Waals surface area (Å²) >= 11 is 0. The lowest BCUT2D eigenvalue weighted by atomic mass is 9.85. The van der Waals surface area contributed by atoms with Gasteiger partial charge in [-0.25, -0.2) is 0 Å². The number of hydrogen-bond acceptors (Lipinski definition) is 3. The summed E-state index contributed by atoms with van der Waals surface area (Å²) in [5.74, 6) is 1.19. The molecule has 128 valence electrons. The van der Waals surface area contributed by atoms with Crippen LogP contribution in [0.5, 0.6) is 0 Å². The maximum Gasteiger partial charge on any atom is 0.220 e. The van der Waals surface area contributed by atoms with Crippen molar-refractivity contribution in [3.63, 3.8) is 0 Å². The van der Waals surface area contributed by atoms with Crippen LogP contribution in [0.15, 0.2) is 30.3 Å². The Morgan fingerprint density at radius 2 is 2.13 bits per heavy atom. The number of carbonyl (C=O) groups is 1. The molecule has 1 aliphatic rings. The van der Waals surface area contributed by atoms with Crippen LogP contribution in [-0.2, 0) is 16.1 Å². The third-order valence-electron chi connectivity index (χ3n) is 4.53. The van der Waals surface area contributed by atoms with Crippen molar-refractivity contribution in [3.8, 4) is 0 Å². The van der Waals surface area contributed by atoms with Crippen molar-refractivity contribution in [2.24, 2.45) is 11.8 Å². The average Bonchev–Trinajstić information content (AvgIpc) is 2.56. The average molecular weight is 318 g/mol. The third kappa shape index (κ3) is 6.71. The van der Waals surface area contributed by atoms with Crippen LogP contribution in [-0.4, -0.2) is 31.6 Å². The number of piperidine rings is 1. The summed E-state index contributed by atoms with van der Waals surface area (Å²) in [6.45, 7) is 7.48. The van der Waals surface area contributed by atoms with Crippen LogP contribution >= 0.6 is 0 Å². The second-order valence-electron chi connectivity index (χ2n) is 6.76. The zero-order valence-electron chi connectivity index (χ0n) is 14.4. The van der Waals surface area contributed by atoms with E-state index in [9.17, 15) is 4.79 Å². The molecule has 2 rings (SSSR count). The first-order valence-electron chi connectivity index (χ1n) is 8.77. The molecule has 1 fully saturated rings. The summed E-state index contributed by atoms with van der Waals surface area (Å²) in [5.41, 5.74) is 1.16. The Morgan fingerprint density at radius 1 is 1.35 bits per heavy atom. The van der Waals surface area contributed by atoms with Crippen molar-refractivity contribution < 1.29 is 9.53 Å². The van der Waals surface area contributed by atoms with Gasteiger partial charge in [0.1, 0.15) is 0 Å². The Morgan fingerprint density at radius 3 is 2.83 bits per heavy atom.